The van der Waals surface area contributed by atoms with Gasteiger partial charge >= 0.3 is 0 Å². The summed E-state index contributed by atoms with van der Waals surface area (Å²) >= 11 is 0. The van der Waals surface area contributed by atoms with Crippen LogP contribution in [0.5, 0.6) is 0 Å². The minimum absolute atomic E-state index is 0.134. The summed E-state index contributed by atoms with van der Waals surface area (Å²) in [6.07, 6.45) is 4.42. The van der Waals surface area contributed by atoms with Crippen LogP contribution in [0.25, 0.3) is 0 Å². The molecule has 1 rings (SSSR count). The molecule has 0 aliphatic carbocycles. The quantitative estimate of drug-likeness (QED) is 0.370. The zero-order valence-electron chi connectivity index (χ0n) is 10.0. The van der Waals surface area contributed by atoms with Crippen molar-refractivity contribution in [2.45, 2.75) is 32.0 Å². The van der Waals surface area contributed by atoms with E-state index < -0.39 is 0 Å². The largest absolute Gasteiger partial charge is 0.373 e. The zero-order chi connectivity index (χ0) is 12.3. The maximum Gasteiger partial charge on any atom is 0.0812 e. The fourth-order valence-corrected chi connectivity index (χ4v) is 1.63. The Kier molecular flexibility index (Phi) is 6.91. The van der Waals surface area contributed by atoms with Crippen LogP contribution in [0.4, 0.5) is 0 Å². The highest BCUT2D eigenvalue weighted by Crippen LogP contribution is 2.11. The average molecular weight is 233 g/mol. The third-order valence-corrected chi connectivity index (χ3v) is 2.53. The maximum atomic E-state index is 10.0. The van der Waals surface area contributed by atoms with E-state index in [0.29, 0.717) is 13.2 Å². The molecule has 1 aromatic rings. The van der Waals surface area contributed by atoms with Crippen LogP contribution >= 0.6 is 0 Å². The molecule has 0 spiro atoms. The van der Waals surface area contributed by atoms with Gasteiger partial charge in [-0.2, -0.15) is 4.91 Å². The van der Waals surface area contributed by atoms with Gasteiger partial charge in [-0.3, -0.25) is 0 Å². The molecule has 0 saturated carbocycles. The number of rotatable bonds is 9. The molecule has 1 atom stereocenters. The van der Waals surface area contributed by atoms with Gasteiger partial charge in [0.15, 0.2) is 0 Å². The third kappa shape index (κ3) is 5.97. The topological polar surface area (TPSA) is 38.7 Å². The fraction of sp³-hybridized carbons (Fsp3) is 0.429. The van der Waals surface area contributed by atoms with Crippen molar-refractivity contribution < 1.29 is 4.74 Å². The highest BCUT2D eigenvalue weighted by atomic mass is 16.5. The first-order valence-corrected chi connectivity index (χ1v) is 5.92. The van der Waals surface area contributed by atoms with E-state index in [-0.39, 0.29) is 6.10 Å². The summed E-state index contributed by atoms with van der Waals surface area (Å²) in [5.41, 5.74) is 1.16. The van der Waals surface area contributed by atoms with Crippen LogP contribution in [0, 0.1) is 4.91 Å². The molecule has 0 radical (unpaired) electrons. The Labute approximate surface area is 102 Å². The SMILES string of the molecule is C=CCC(CCCN=O)OCc1ccccc1. The lowest BCUT2D eigenvalue weighted by Crippen LogP contribution is -2.12. The zero-order valence-corrected chi connectivity index (χ0v) is 10.0. The smallest absolute Gasteiger partial charge is 0.0812 e. The lowest BCUT2D eigenvalue weighted by molar-refractivity contribution is 0.0362. The summed E-state index contributed by atoms with van der Waals surface area (Å²) < 4.78 is 5.80. The van der Waals surface area contributed by atoms with E-state index >= 15 is 0 Å². The molecule has 17 heavy (non-hydrogen) atoms. The van der Waals surface area contributed by atoms with Gasteiger partial charge < -0.3 is 4.74 Å². The van der Waals surface area contributed by atoms with Gasteiger partial charge in [-0.25, -0.2) is 0 Å². The summed E-state index contributed by atoms with van der Waals surface area (Å²) in [6.45, 7) is 4.69. The van der Waals surface area contributed by atoms with E-state index in [1.165, 1.54) is 0 Å². The summed E-state index contributed by atoms with van der Waals surface area (Å²) in [4.78, 5) is 10.0. The van der Waals surface area contributed by atoms with Crippen molar-refractivity contribution in [2.75, 3.05) is 6.54 Å². The van der Waals surface area contributed by atoms with Crippen LogP contribution in [0.15, 0.2) is 48.2 Å². The van der Waals surface area contributed by atoms with Crippen LogP contribution in [0.2, 0.25) is 0 Å². The molecule has 0 fully saturated rings. The molecule has 0 bridgehead atoms. The highest BCUT2D eigenvalue weighted by Gasteiger charge is 2.07. The van der Waals surface area contributed by atoms with Crippen LogP contribution in [0.1, 0.15) is 24.8 Å². The van der Waals surface area contributed by atoms with Crippen LogP contribution in [-0.4, -0.2) is 12.6 Å². The van der Waals surface area contributed by atoms with E-state index in [9.17, 15) is 4.91 Å². The van der Waals surface area contributed by atoms with Crippen molar-refractivity contribution in [1.82, 2.24) is 0 Å². The van der Waals surface area contributed by atoms with Crippen molar-refractivity contribution in [3.8, 4) is 0 Å². The molecular weight excluding hydrogens is 214 g/mol. The second kappa shape index (κ2) is 8.65. The molecule has 1 aromatic carbocycles. The molecule has 0 N–H and O–H groups in total. The Morgan fingerprint density at radius 2 is 2.12 bits per heavy atom. The Hall–Kier alpha value is -1.48. The Morgan fingerprint density at radius 3 is 2.76 bits per heavy atom. The van der Waals surface area contributed by atoms with Gasteiger partial charge in [-0.15, -0.1) is 6.58 Å². The summed E-state index contributed by atoms with van der Waals surface area (Å²) in [5, 5.41) is 2.85. The van der Waals surface area contributed by atoms with Gasteiger partial charge in [0.2, 0.25) is 0 Å². The lowest BCUT2D eigenvalue weighted by Gasteiger charge is -2.15. The highest BCUT2D eigenvalue weighted by molar-refractivity contribution is 5.13. The van der Waals surface area contributed by atoms with Crippen LogP contribution in [0.3, 0.4) is 0 Å². The minimum Gasteiger partial charge on any atom is -0.373 e. The lowest BCUT2D eigenvalue weighted by atomic mass is 10.1. The van der Waals surface area contributed by atoms with Gasteiger partial charge in [0.05, 0.1) is 19.3 Å². The molecular formula is C14H19NO2. The molecule has 0 aliphatic heterocycles. The fourth-order valence-electron chi connectivity index (χ4n) is 1.63. The van der Waals surface area contributed by atoms with Crippen molar-refractivity contribution in [3.63, 3.8) is 0 Å². The first-order chi connectivity index (χ1) is 8.36. The minimum atomic E-state index is 0.134. The summed E-state index contributed by atoms with van der Waals surface area (Å²) in [6, 6.07) is 10.1. The summed E-state index contributed by atoms with van der Waals surface area (Å²) in [5.74, 6) is 0. The molecule has 92 valence electrons. The number of nitrogens with zero attached hydrogens (tertiary/aromatic N) is 1. The molecule has 0 heterocycles. The molecule has 0 saturated heterocycles. The molecule has 0 amide bonds. The summed E-state index contributed by atoms with van der Waals surface area (Å²) in [7, 11) is 0. The maximum absolute atomic E-state index is 10.0. The van der Waals surface area contributed by atoms with Crippen molar-refractivity contribution in [2.24, 2.45) is 5.18 Å². The van der Waals surface area contributed by atoms with Gasteiger partial charge in [0.1, 0.15) is 0 Å². The van der Waals surface area contributed by atoms with E-state index in [1.807, 2.05) is 36.4 Å². The standard InChI is InChI=1S/C14H19NO2/c1-2-7-14(10-6-11-15-16)17-12-13-8-4-3-5-9-13/h2-5,8-9,14H,1,6-7,10-12H2. The van der Waals surface area contributed by atoms with Crippen molar-refractivity contribution in [1.29, 1.82) is 0 Å². The number of ether oxygens (including phenoxy) is 1. The van der Waals surface area contributed by atoms with Gasteiger partial charge in [0, 0.05) is 0 Å². The molecule has 3 nitrogen and oxygen atoms in total. The molecule has 0 aliphatic rings. The first-order valence-electron chi connectivity index (χ1n) is 5.92. The molecule has 1 unspecified atom stereocenters. The van der Waals surface area contributed by atoms with Gasteiger partial charge in [0.25, 0.3) is 0 Å². The number of hydrogen-bond acceptors (Lipinski definition) is 3. The number of benzene rings is 1. The predicted molar refractivity (Wildman–Crippen MR) is 69.7 cm³/mol. The van der Waals surface area contributed by atoms with E-state index in [0.717, 1.165) is 24.8 Å². The van der Waals surface area contributed by atoms with Gasteiger partial charge in [-0.05, 0) is 24.8 Å². The van der Waals surface area contributed by atoms with E-state index in [4.69, 9.17) is 4.74 Å². The van der Waals surface area contributed by atoms with Crippen molar-refractivity contribution in [3.05, 3.63) is 53.5 Å². The van der Waals surface area contributed by atoms with Gasteiger partial charge in [-0.1, -0.05) is 41.6 Å². The number of hydrogen-bond donors (Lipinski definition) is 0. The molecule has 0 aromatic heterocycles. The number of nitroso groups, excluding NO2 is 1. The average Bonchev–Trinajstić information content (AvgIpc) is 2.37. The second-order valence-corrected chi connectivity index (χ2v) is 3.94. The van der Waals surface area contributed by atoms with E-state index in [2.05, 4.69) is 11.8 Å². The normalized spacial score (nSPS) is 12.0. The molecule has 3 heteroatoms. The third-order valence-electron chi connectivity index (χ3n) is 2.53. The van der Waals surface area contributed by atoms with Crippen LogP contribution < -0.4 is 0 Å². The second-order valence-electron chi connectivity index (χ2n) is 3.94. The Bertz CT molecular complexity index is 324. The predicted octanol–water partition coefficient (Wildman–Crippen LogP) is 3.69. The Balaban J connectivity index is 2.33. The monoisotopic (exact) mass is 233 g/mol. The van der Waals surface area contributed by atoms with Crippen LogP contribution in [-0.2, 0) is 11.3 Å². The van der Waals surface area contributed by atoms with Crippen molar-refractivity contribution >= 4 is 0 Å². The first kappa shape index (κ1) is 13.6. The van der Waals surface area contributed by atoms with E-state index in [1.54, 1.807) is 0 Å². The Morgan fingerprint density at radius 1 is 1.35 bits per heavy atom.